The fourth-order valence-electron chi connectivity index (χ4n) is 2.48. The molecule has 1 aromatic rings. The van der Waals surface area contributed by atoms with E-state index in [1.54, 1.807) is 12.1 Å². The number of likely N-dealkylation sites (tertiary alicyclic amines) is 1. The number of hydrogen-bond donors (Lipinski definition) is 2. The summed E-state index contributed by atoms with van der Waals surface area (Å²) in [5.74, 6) is -1.41. The molecule has 1 fully saturated rings. The molecular formula is C14H18N2O4. The number of hydrogen-bond acceptors (Lipinski definition) is 4. The van der Waals surface area contributed by atoms with Crippen LogP contribution in [0.3, 0.4) is 0 Å². The molecule has 0 saturated carbocycles. The summed E-state index contributed by atoms with van der Waals surface area (Å²) in [5.41, 5.74) is 6.30. The Hall–Kier alpha value is -1.92. The van der Waals surface area contributed by atoms with Crippen molar-refractivity contribution in [3.05, 3.63) is 35.4 Å². The lowest BCUT2D eigenvalue weighted by Gasteiger charge is -2.47. The number of ether oxygens (including phenoxy) is 1. The van der Waals surface area contributed by atoms with Gasteiger partial charge in [0.25, 0.3) is 0 Å². The Kier molecular flexibility index (Phi) is 4.06. The molecular weight excluding hydrogens is 260 g/mol. The highest BCUT2D eigenvalue weighted by Crippen LogP contribution is 2.26. The summed E-state index contributed by atoms with van der Waals surface area (Å²) < 4.78 is 5.34. The summed E-state index contributed by atoms with van der Waals surface area (Å²) in [4.78, 5) is 23.9. The minimum Gasteiger partial charge on any atom is -0.480 e. The van der Waals surface area contributed by atoms with Gasteiger partial charge in [0.2, 0.25) is 5.91 Å². The molecule has 108 valence electrons. The van der Waals surface area contributed by atoms with Crippen molar-refractivity contribution in [1.82, 2.24) is 4.90 Å². The standard InChI is InChI=1S/C14H18N2O4/c1-14(20-7-12(17)18)8-16(9-14)6-10-4-2-3-5-11(10)13(15)19/h2-5H,6-9H2,1H3,(H2,15,19)(H,17,18). The Balaban J connectivity index is 1.91. The minimum absolute atomic E-state index is 0.289. The number of carboxylic acid groups (broad SMARTS) is 1. The van der Waals surface area contributed by atoms with Crippen molar-refractivity contribution < 1.29 is 19.4 Å². The molecule has 3 N–H and O–H groups in total. The molecule has 0 aliphatic carbocycles. The molecule has 0 unspecified atom stereocenters. The van der Waals surface area contributed by atoms with Crippen LogP contribution in [0.2, 0.25) is 0 Å². The average Bonchev–Trinajstić information content (AvgIpc) is 2.35. The first-order valence-electron chi connectivity index (χ1n) is 6.35. The highest BCUT2D eigenvalue weighted by Gasteiger charge is 2.40. The lowest BCUT2D eigenvalue weighted by Crippen LogP contribution is -2.61. The van der Waals surface area contributed by atoms with E-state index in [4.69, 9.17) is 15.6 Å². The van der Waals surface area contributed by atoms with Gasteiger partial charge in [-0.25, -0.2) is 4.79 Å². The summed E-state index contributed by atoms with van der Waals surface area (Å²) in [6.45, 7) is 3.46. The van der Waals surface area contributed by atoms with Crippen molar-refractivity contribution in [1.29, 1.82) is 0 Å². The van der Waals surface area contributed by atoms with Gasteiger partial charge in [0.05, 0.1) is 5.60 Å². The smallest absolute Gasteiger partial charge is 0.329 e. The van der Waals surface area contributed by atoms with E-state index >= 15 is 0 Å². The van der Waals surface area contributed by atoms with Crippen molar-refractivity contribution in [2.24, 2.45) is 5.73 Å². The van der Waals surface area contributed by atoms with Gasteiger partial charge < -0.3 is 15.6 Å². The van der Waals surface area contributed by atoms with Gasteiger partial charge in [-0.05, 0) is 18.6 Å². The maximum atomic E-state index is 11.3. The normalized spacial score (nSPS) is 17.4. The molecule has 2 rings (SSSR count). The minimum atomic E-state index is -0.969. The van der Waals surface area contributed by atoms with Crippen LogP contribution in [-0.4, -0.2) is 47.2 Å². The van der Waals surface area contributed by atoms with Crippen LogP contribution in [0.1, 0.15) is 22.8 Å². The molecule has 6 nitrogen and oxygen atoms in total. The first-order chi connectivity index (χ1) is 9.39. The predicted molar refractivity (Wildman–Crippen MR) is 72.2 cm³/mol. The Morgan fingerprint density at radius 2 is 2.05 bits per heavy atom. The zero-order chi connectivity index (χ0) is 14.8. The second-order valence-corrected chi connectivity index (χ2v) is 5.30. The number of carbonyl (C=O) groups is 2. The van der Waals surface area contributed by atoms with Crippen LogP contribution in [0.25, 0.3) is 0 Å². The quantitative estimate of drug-likeness (QED) is 0.788. The van der Waals surface area contributed by atoms with Crippen molar-refractivity contribution in [3.63, 3.8) is 0 Å². The van der Waals surface area contributed by atoms with Crippen molar-refractivity contribution >= 4 is 11.9 Å². The Morgan fingerprint density at radius 3 is 2.65 bits per heavy atom. The fraction of sp³-hybridized carbons (Fsp3) is 0.429. The molecule has 1 heterocycles. The zero-order valence-corrected chi connectivity index (χ0v) is 11.3. The first-order valence-corrected chi connectivity index (χ1v) is 6.35. The molecule has 6 heteroatoms. The number of primary amides is 1. The fourth-order valence-corrected chi connectivity index (χ4v) is 2.48. The van der Waals surface area contributed by atoms with Crippen LogP contribution in [0.4, 0.5) is 0 Å². The second-order valence-electron chi connectivity index (χ2n) is 5.30. The predicted octanol–water partition coefficient (Wildman–Crippen LogP) is 0.461. The van der Waals surface area contributed by atoms with E-state index in [2.05, 4.69) is 4.90 Å². The molecule has 1 aromatic carbocycles. The molecule has 0 aromatic heterocycles. The van der Waals surface area contributed by atoms with Crippen LogP contribution in [0, 0.1) is 0 Å². The highest BCUT2D eigenvalue weighted by atomic mass is 16.5. The Morgan fingerprint density at radius 1 is 1.40 bits per heavy atom. The molecule has 1 saturated heterocycles. The second kappa shape index (κ2) is 5.60. The SMILES string of the molecule is CC1(OCC(=O)O)CN(Cc2ccccc2C(N)=O)C1. The van der Waals surface area contributed by atoms with Gasteiger partial charge in [0.1, 0.15) is 6.61 Å². The number of carboxylic acids is 1. The lowest BCUT2D eigenvalue weighted by atomic mass is 9.94. The van der Waals surface area contributed by atoms with Gasteiger partial charge in [0, 0.05) is 25.2 Å². The van der Waals surface area contributed by atoms with Crippen LogP contribution in [0.5, 0.6) is 0 Å². The van der Waals surface area contributed by atoms with Gasteiger partial charge in [-0.15, -0.1) is 0 Å². The number of nitrogens with two attached hydrogens (primary N) is 1. The molecule has 1 amide bonds. The van der Waals surface area contributed by atoms with E-state index in [0.29, 0.717) is 25.2 Å². The van der Waals surface area contributed by atoms with E-state index in [1.165, 1.54) is 0 Å². The number of aliphatic carboxylic acids is 1. The summed E-state index contributed by atoms with van der Waals surface area (Å²) in [6, 6.07) is 7.22. The van der Waals surface area contributed by atoms with Gasteiger partial charge in [0.15, 0.2) is 0 Å². The van der Waals surface area contributed by atoms with Gasteiger partial charge in [-0.2, -0.15) is 0 Å². The molecule has 0 spiro atoms. The van der Waals surface area contributed by atoms with Crippen LogP contribution in [-0.2, 0) is 16.1 Å². The highest BCUT2D eigenvalue weighted by molar-refractivity contribution is 5.94. The van der Waals surface area contributed by atoms with E-state index in [0.717, 1.165) is 5.56 Å². The number of rotatable bonds is 6. The summed E-state index contributed by atoms with van der Waals surface area (Å²) in [7, 11) is 0. The van der Waals surface area contributed by atoms with Crippen LogP contribution >= 0.6 is 0 Å². The molecule has 0 radical (unpaired) electrons. The van der Waals surface area contributed by atoms with Crippen molar-refractivity contribution in [2.45, 2.75) is 19.1 Å². The topological polar surface area (TPSA) is 92.9 Å². The molecule has 1 aliphatic heterocycles. The Bertz CT molecular complexity index is 524. The van der Waals surface area contributed by atoms with E-state index in [-0.39, 0.29) is 6.61 Å². The van der Waals surface area contributed by atoms with Gasteiger partial charge in [-0.1, -0.05) is 18.2 Å². The monoisotopic (exact) mass is 278 g/mol. The summed E-state index contributed by atoms with van der Waals surface area (Å²) >= 11 is 0. The third-order valence-electron chi connectivity index (χ3n) is 3.34. The van der Waals surface area contributed by atoms with Crippen LogP contribution < -0.4 is 5.73 Å². The Labute approximate surface area is 117 Å². The van der Waals surface area contributed by atoms with E-state index in [1.807, 2.05) is 19.1 Å². The molecule has 20 heavy (non-hydrogen) atoms. The zero-order valence-electron chi connectivity index (χ0n) is 11.3. The largest absolute Gasteiger partial charge is 0.480 e. The number of amides is 1. The van der Waals surface area contributed by atoms with Crippen molar-refractivity contribution in [3.8, 4) is 0 Å². The first kappa shape index (κ1) is 14.5. The number of nitrogens with zero attached hydrogens (tertiary/aromatic N) is 1. The lowest BCUT2D eigenvalue weighted by molar-refractivity contribution is -0.165. The van der Waals surface area contributed by atoms with Gasteiger partial charge in [-0.3, -0.25) is 9.69 Å². The molecule has 0 bridgehead atoms. The third-order valence-corrected chi connectivity index (χ3v) is 3.34. The maximum absolute atomic E-state index is 11.3. The van der Waals surface area contributed by atoms with Crippen LogP contribution in [0.15, 0.2) is 24.3 Å². The summed E-state index contributed by atoms with van der Waals surface area (Å²) in [5, 5.41) is 8.61. The molecule has 0 atom stereocenters. The number of benzene rings is 1. The average molecular weight is 278 g/mol. The number of carbonyl (C=O) groups excluding carboxylic acids is 1. The maximum Gasteiger partial charge on any atom is 0.329 e. The summed E-state index contributed by atoms with van der Waals surface area (Å²) in [6.07, 6.45) is 0. The third kappa shape index (κ3) is 3.34. The molecule has 1 aliphatic rings. The van der Waals surface area contributed by atoms with E-state index < -0.39 is 17.5 Å². The van der Waals surface area contributed by atoms with Crippen molar-refractivity contribution in [2.75, 3.05) is 19.7 Å². The van der Waals surface area contributed by atoms with Gasteiger partial charge >= 0.3 is 5.97 Å². The van der Waals surface area contributed by atoms with E-state index in [9.17, 15) is 9.59 Å².